The molecule has 7 heteroatoms. The van der Waals surface area contributed by atoms with Crippen LogP contribution in [0.4, 0.5) is 0 Å². The van der Waals surface area contributed by atoms with Gasteiger partial charge in [-0.25, -0.2) is 8.42 Å². The lowest BCUT2D eigenvalue weighted by Gasteiger charge is -2.15. The van der Waals surface area contributed by atoms with E-state index in [4.69, 9.17) is 4.74 Å². The Morgan fingerprint density at radius 3 is 2.87 bits per heavy atom. The highest BCUT2D eigenvalue weighted by molar-refractivity contribution is 7.89. The molecule has 0 atom stereocenters. The van der Waals surface area contributed by atoms with Crippen molar-refractivity contribution < 1.29 is 13.2 Å². The molecule has 1 N–H and O–H groups in total. The first-order chi connectivity index (χ1) is 7.09. The standard InChI is InChI=1S/C8H15N3O3S/c1-11(6-3-7-14-2)15(12,13)8-4-5-9-10-8/h4-5H,3,6-7H2,1-2H3,(H,9,10). The van der Waals surface area contributed by atoms with Crippen LogP contribution in [0.25, 0.3) is 0 Å². The van der Waals surface area contributed by atoms with Crippen LogP contribution in [-0.2, 0) is 14.8 Å². The van der Waals surface area contributed by atoms with E-state index in [0.29, 0.717) is 19.6 Å². The number of nitrogens with zero attached hydrogens (tertiary/aromatic N) is 2. The van der Waals surface area contributed by atoms with Crippen LogP contribution in [0, 0.1) is 0 Å². The number of ether oxygens (including phenoxy) is 1. The Morgan fingerprint density at radius 1 is 1.60 bits per heavy atom. The van der Waals surface area contributed by atoms with Crippen LogP contribution in [0.5, 0.6) is 0 Å². The Bertz CT molecular complexity index is 374. The molecule has 0 aliphatic heterocycles. The Hall–Kier alpha value is -0.920. The quantitative estimate of drug-likeness (QED) is 0.705. The molecule has 1 rings (SSSR count). The van der Waals surface area contributed by atoms with E-state index < -0.39 is 10.0 Å². The van der Waals surface area contributed by atoms with Crippen LogP contribution in [0.2, 0.25) is 0 Å². The van der Waals surface area contributed by atoms with Gasteiger partial charge >= 0.3 is 0 Å². The van der Waals surface area contributed by atoms with Crippen molar-refractivity contribution in [2.75, 3.05) is 27.3 Å². The molecule has 0 saturated heterocycles. The second kappa shape index (κ2) is 5.24. The number of hydrogen-bond donors (Lipinski definition) is 1. The Labute approximate surface area is 89.3 Å². The topological polar surface area (TPSA) is 75.3 Å². The number of rotatable bonds is 6. The van der Waals surface area contributed by atoms with Crippen LogP contribution in [-0.4, -0.2) is 50.2 Å². The van der Waals surface area contributed by atoms with Gasteiger partial charge in [0.15, 0.2) is 5.03 Å². The number of hydrogen-bond acceptors (Lipinski definition) is 4. The van der Waals surface area contributed by atoms with Crippen LogP contribution in [0.15, 0.2) is 17.3 Å². The van der Waals surface area contributed by atoms with Gasteiger partial charge in [-0.2, -0.15) is 9.40 Å². The van der Waals surface area contributed by atoms with Crippen LogP contribution in [0.3, 0.4) is 0 Å². The molecule has 0 saturated carbocycles. The Balaban J connectivity index is 2.62. The molecule has 0 aliphatic carbocycles. The summed E-state index contributed by atoms with van der Waals surface area (Å²) in [7, 11) is -0.296. The highest BCUT2D eigenvalue weighted by Crippen LogP contribution is 2.10. The average Bonchev–Trinajstić information content (AvgIpc) is 2.71. The zero-order valence-corrected chi connectivity index (χ0v) is 9.62. The van der Waals surface area contributed by atoms with E-state index in [1.165, 1.54) is 23.6 Å². The van der Waals surface area contributed by atoms with Gasteiger partial charge in [-0.05, 0) is 12.5 Å². The van der Waals surface area contributed by atoms with Gasteiger partial charge < -0.3 is 4.74 Å². The van der Waals surface area contributed by atoms with Crippen LogP contribution in [0.1, 0.15) is 6.42 Å². The van der Waals surface area contributed by atoms with E-state index in [0.717, 1.165) is 0 Å². The normalized spacial score (nSPS) is 12.2. The first-order valence-corrected chi connectivity index (χ1v) is 5.97. The van der Waals surface area contributed by atoms with Gasteiger partial charge in [0, 0.05) is 27.3 Å². The van der Waals surface area contributed by atoms with Crippen LogP contribution < -0.4 is 0 Å². The zero-order valence-electron chi connectivity index (χ0n) is 8.80. The molecule has 0 spiro atoms. The monoisotopic (exact) mass is 233 g/mol. The van der Waals surface area contributed by atoms with Gasteiger partial charge in [-0.1, -0.05) is 0 Å². The fourth-order valence-corrected chi connectivity index (χ4v) is 2.21. The minimum absolute atomic E-state index is 0.113. The summed E-state index contributed by atoms with van der Waals surface area (Å²) in [5.74, 6) is 0. The Morgan fingerprint density at radius 2 is 2.33 bits per heavy atom. The second-order valence-electron chi connectivity index (χ2n) is 3.09. The van der Waals surface area contributed by atoms with Gasteiger partial charge in [0.25, 0.3) is 10.0 Å². The number of methoxy groups -OCH3 is 1. The summed E-state index contributed by atoms with van der Waals surface area (Å²) in [6, 6.07) is 1.43. The molecule has 1 heterocycles. The third kappa shape index (κ3) is 3.01. The molecule has 86 valence electrons. The highest BCUT2D eigenvalue weighted by atomic mass is 32.2. The number of nitrogens with one attached hydrogen (secondary N) is 1. The number of sulfonamides is 1. The van der Waals surface area contributed by atoms with Crippen molar-refractivity contribution in [1.82, 2.24) is 14.5 Å². The zero-order chi connectivity index (χ0) is 11.3. The van der Waals surface area contributed by atoms with Crippen molar-refractivity contribution in [2.45, 2.75) is 11.4 Å². The van der Waals surface area contributed by atoms with Gasteiger partial charge in [-0.15, -0.1) is 0 Å². The number of H-pyrrole nitrogens is 1. The van der Waals surface area contributed by atoms with E-state index >= 15 is 0 Å². The van der Waals surface area contributed by atoms with Crippen molar-refractivity contribution in [2.24, 2.45) is 0 Å². The SMILES string of the molecule is COCCCN(C)S(=O)(=O)c1ccn[nH]1. The van der Waals surface area contributed by atoms with Crippen LogP contribution >= 0.6 is 0 Å². The summed E-state index contributed by atoms with van der Waals surface area (Å²) >= 11 is 0. The molecule has 0 amide bonds. The molecule has 0 bridgehead atoms. The third-order valence-corrected chi connectivity index (χ3v) is 3.77. The average molecular weight is 233 g/mol. The molecule has 0 aromatic carbocycles. The predicted octanol–water partition coefficient (Wildman–Crippen LogP) is 0.0667. The van der Waals surface area contributed by atoms with E-state index in [2.05, 4.69) is 10.2 Å². The second-order valence-corrected chi connectivity index (χ2v) is 5.11. The van der Waals surface area contributed by atoms with E-state index in [1.807, 2.05) is 0 Å². The van der Waals surface area contributed by atoms with Crippen molar-refractivity contribution in [3.63, 3.8) is 0 Å². The maximum Gasteiger partial charge on any atom is 0.259 e. The lowest BCUT2D eigenvalue weighted by Crippen LogP contribution is -2.28. The molecule has 6 nitrogen and oxygen atoms in total. The number of aromatic amines is 1. The van der Waals surface area contributed by atoms with E-state index in [9.17, 15) is 8.42 Å². The number of aromatic nitrogens is 2. The maximum absolute atomic E-state index is 11.8. The molecular weight excluding hydrogens is 218 g/mol. The summed E-state index contributed by atoms with van der Waals surface area (Å²) in [5, 5.41) is 6.16. The van der Waals surface area contributed by atoms with Crippen molar-refractivity contribution in [3.8, 4) is 0 Å². The smallest absolute Gasteiger partial charge is 0.259 e. The molecule has 0 fully saturated rings. The van der Waals surface area contributed by atoms with Crippen molar-refractivity contribution in [3.05, 3.63) is 12.3 Å². The minimum atomic E-state index is -3.42. The summed E-state index contributed by atoms with van der Waals surface area (Å²) in [5.41, 5.74) is 0. The molecular formula is C8H15N3O3S. The molecule has 0 aliphatic rings. The summed E-state index contributed by atoms with van der Waals surface area (Å²) in [6.07, 6.45) is 2.08. The third-order valence-electron chi connectivity index (χ3n) is 1.98. The first-order valence-electron chi connectivity index (χ1n) is 4.53. The molecule has 15 heavy (non-hydrogen) atoms. The predicted molar refractivity (Wildman–Crippen MR) is 54.9 cm³/mol. The fourth-order valence-electron chi connectivity index (χ4n) is 1.11. The summed E-state index contributed by atoms with van der Waals surface area (Å²) < 4.78 is 29.7. The van der Waals surface area contributed by atoms with E-state index in [1.54, 1.807) is 7.11 Å². The lowest BCUT2D eigenvalue weighted by atomic mass is 10.5. The highest BCUT2D eigenvalue weighted by Gasteiger charge is 2.21. The minimum Gasteiger partial charge on any atom is -0.385 e. The lowest BCUT2D eigenvalue weighted by molar-refractivity contribution is 0.189. The largest absolute Gasteiger partial charge is 0.385 e. The molecule has 1 aromatic rings. The summed E-state index contributed by atoms with van der Waals surface area (Å²) in [6.45, 7) is 0.970. The fraction of sp³-hybridized carbons (Fsp3) is 0.625. The van der Waals surface area contributed by atoms with Gasteiger partial charge in [-0.3, -0.25) is 5.10 Å². The Kier molecular flexibility index (Phi) is 4.25. The van der Waals surface area contributed by atoms with Gasteiger partial charge in [0.05, 0.1) is 6.20 Å². The molecule has 0 unspecified atom stereocenters. The van der Waals surface area contributed by atoms with E-state index in [-0.39, 0.29) is 5.03 Å². The maximum atomic E-state index is 11.8. The van der Waals surface area contributed by atoms with Gasteiger partial charge in [0.2, 0.25) is 0 Å². The molecule has 1 aromatic heterocycles. The molecule has 0 radical (unpaired) electrons. The summed E-state index contributed by atoms with van der Waals surface area (Å²) in [4.78, 5) is 0. The first kappa shape index (κ1) is 12.2. The van der Waals surface area contributed by atoms with Crippen molar-refractivity contribution in [1.29, 1.82) is 0 Å². The van der Waals surface area contributed by atoms with Gasteiger partial charge in [0.1, 0.15) is 0 Å². The van der Waals surface area contributed by atoms with Crippen molar-refractivity contribution >= 4 is 10.0 Å².